The van der Waals surface area contributed by atoms with Crippen LogP contribution in [0.1, 0.15) is 79.1 Å². The second-order valence-electron chi connectivity index (χ2n) is 9.99. The summed E-state index contributed by atoms with van der Waals surface area (Å²) in [4.78, 5) is 10.7. The quantitative estimate of drug-likeness (QED) is 0.365. The highest BCUT2D eigenvalue weighted by molar-refractivity contribution is 5.66. The molecule has 4 heteroatoms. The number of aliphatic carboxylic acids is 1. The molecular formula is C26H42O4. The number of fused-ring (bicyclic) bond motifs is 1. The molecule has 0 radical (unpaired) electrons. The largest absolute Gasteiger partial charge is 0.481 e. The Kier molecular flexibility index (Phi) is 9.83. The van der Waals surface area contributed by atoms with Crippen molar-refractivity contribution in [1.82, 2.24) is 0 Å². The summed E-state index contributed by atoms with van der Waals surface area (Å²) in [5.41, 5.74) is 2.77. The first-order valence-corrected chi connectivity index (χ1v) is 11.8. The molecule has 1 saturated carbocycles. The van der Waals surface area contributed by atoms with Gasteiger partial charge in [-0.1, -0.05) is 49.3 Å². The van der Waals surface area contributed by atoms with Crippen LogP contribution < -0.4 is 0 Å². The van der Waals surface area contributed by atoms with Crippen molar-refractivity contribution in [1.29, 1.82) is 0 Å². The minimum atomic E-state index is -0.724. The third kappa shape index (κ3) is 7.70. The Morgan fingerprint density at radius 1 is 1.27 bits per heavy atom. The second kappa shape index (κ2) is 11.9. The molecule has 0 aromatic rings. The lowest BCUT2D eigenvalue weighted by molar-refractivity contribution is -0.137. The van der Waals surface area contributed by atoms with Crippen LogP contribution in [0.3, 0.4) is 0 Å². The third-order valence-electron chi connectivity index (χ3n) is 6.97. The molecule has 0 saturated heterocycles. The average molecular weight is 419 g/mol. The summed E-state index contributed by atoms with van der Waals surface area (Å²) in [6.07, 6.45) is 14.3. The Morgan fingerprint density at radius 2 is 2.00 bits per heavy atom. The van der Waals surface area contributed by atoms with Crippen LogP contribution in [0, 0.1) is 29.6 Å². The minimum Gasteiger partial charge on any atom is -0.481 e. The fraction of sp³-hybridized carbons (Fsp3) is 0.731. The highest BCUT2D eigenvalue weighted by Gasteiger charge is 2.43. The zero-order chi connectivity index (χ0) is 22.3. The summed E-state index contributed by atoms with van der Waals surface area (Å²) >= 11 is 0. The van der Waals surface area contributed by atoms with Gasteiger partial charge in [-0.25, -0.2) is 0 Å². The summed E-state index contributed by atoms with van der Waals surface area (Å²) in [7, 11) is 0. The lowest BCUT2D eigenvalue weighted by atomic mass is 9.86. The number of carbonyl (C=O) groups is 1. The molecule has 0 aliphatic heterocycles. The Hall–Kier alpha value is -1.39. The van der Waals surface area contributed by atoms with E-state index in [0.717, 1.165) is 38.5 Å². The molecule has 0 amide bonds. The molecule has 0 bridgehead atoms. The molecule has 3 N–H and O–H groups in total. The summed E-state index contributed by atoms with van der Waals surface area (Å²) in [5.74, 6) is 1.07. The Bertz CT molecular complexity index is 643. The summed E-state index contributed by atoms with van der Waals surface area (Å²) in [6, 6.07) is 0. The van der Waals surface area contributed by atoms with E-state index in [9.17, 15) is 15.0 Å². The molecule has 0 spiro atoms. The zero-order valence-corrected chi connectivity index (χ0v) is 19.3. The number of allylic oxidation sites excluding steroid dienone is 4. The van der Waals surface area contributed by atoms with Gasteiger partial charge in [-0.15, -0.1) is 0 Å². The number of hydrogen-bond donors (Lipinski definition) is 3. The lowest BCUT2D eigenvalue weighted by Gasteiger charge is -2.21. The molecule has 0 aromatic carbocycles. The van der Waals surface area contributed by atoms with Crippen LogP contribution in [0.4, 0.5) is 0 Å². The van der Waals surface area contributed by atoms with Crippen LogP contribution in [0.15, 0.2) is 35.5 Å². The summed E-state index contributed by atoms with van der Waals surface area (Å²) < 4.78 is 0. The average Bonchev–Trinajstić information content (AvgIpc) is 3.16. The molecular weight excluding hydrogens is 376 g/mol. The molecule has 5 unspecified atom stereocenters. The van der Waals surface area contributed by atoms with E-state index in [4.69, 9.17) is 5.11 Å². The van der Waals surface area contributed by atoms with E-state index in [2.05, 4.69) is 45.9 Å². The minimum absolute atomic E-state index is 0.102. The predicted molar refractivity (Wildman–Crippen MR) is 122 cm³/mol. The maximum absolute atomic E-state index is 10.7. The molecule has 30 heavy (non-hydrogen) atoms. The molecule has 170 valence electrons. The number of aliphatic hydroxyl groups excluding tert-OH is 2. The molecule has 2 aliphatic carbocycles. The molecule has 1 fully saturated rings. The van der Waals surface area contributed by atoms with Crippen LogP contribution in [-0.2, 0) is 4.79 Å². The second-order valence-corrected chi connectivity index (χ2v) is 9.99. The first kappa shape index (κ1) is 24.9. The van der Waals surface area contributed by atoms with Gasteiger partial charge < -0.3 is 15.3 Å². The Labute approximate surface area is 182 Å². The van der Waals surface area contributed by atoms with Gasteiger partial charge in [-0.05, 0) is 82.5 Å². The first-order valence-electron chi connectivity index (χ1n) is 11.8. The highest BCUT2D eigenvalue weighted by atomic mass is 16.4. The summed E-state index contributed by atoms with van der Waals surface area (Å²) in [5, 5.41) is 29.8. The standard InChI is InChI=1S/C26H42O4/c1-17(2)7-5-8-18(3)13-22(27)11-12-23-24-15-20(14-21(24)16-25(23)28)19(4)9-6-10-26(29)30/h7,11-12,14,18-19,21-25,27-28H,5-6,8-10,13,15-16H2,1-4H3,(H,29,30)/b12-11+/t18?,19?,21?,22?,23-,24?,25-/m1/s1. The van der Waals surface area contributed by atoms with Crippen LogP contribution in [0.5, 0.6) is 0 Å². The SMILES string of the molecule is CC(C)=CCCC(C)CC(O)/C=C/[C@@H]1C2CC(C(C)CCCC(=O)O)=CC2C[C@H]1O. The van der Waals surface area contributed by atoms with E-state index >= 15 is 0 Å². The molecule has 0 heterocycles. The fourth-order valence-electron chi connectivity index (χ4n) is 5.18. The number of carboxylic acid groups (broad SMARTS) is 1. The van der Waals surface area contributed by atoms with Crippen molar-refractivity contribution in [2.24, 2.45) is 29.6 Å². The van der Waals surface area contributed by atoms with Crippen molar-refractivity contribution in [3.8, 4) is 0 Å². The van der Waals surface area contributed by atoms with Gasteiger partial charge >= 0.3 is 5.97 Å². The van der Waals surface area contributed by atoms with E-state index in [1.165, 1.54) is 11.1 Å². The number of rotatable bonds is 12. The monoisotopic (exact) mass is 418 g/mol. The molecule has 0 aromatic heterocycles. The van der Waals surface area contributed by atoms with Crippen molar-refractivity contribution < 1.29 is 20.1 Å². The van der Waals surface area contributed by atoms with Gasteiger partial charge in [-0.3, -0.25) is 4.79 Å². The molecule has 7 atom stereocenters. The smallest absolute Gasteiger partial charge is 0.303 e. The number of hydrogen-bond acceptors (Lipinski definition) is 3. The van der Waals surface area contributed by atoms with Crippen molar-refractivity contribution in [2.75, 3.05) is 0 Å². The zero-order valence-electron chi connectivity index (χ0n) is 19.3. The topological polar surface area (TPSA) is 77.8 Å². The normalized spacial score (nSPS) is 28.8. The van der Waals surface area contributed by atoms with Gasteiger partial charge in [0.2, 0.25) is 0 Å². The molecule has 4 nitrogen and oxygen atoms in total. The van der Waals surface area contributed by atoms with Crippen LogP contribution >= 0.6 is 0 Å². The van der Waals surface area contributed by atoms with Crippen LogP contribution in [0.25, 0.3) is 0 Å². The van der Waals surface area contributed by atoms with Crippen molar-refractivity contribution in [2.45, 2.75) is 91.3 Å². The van der Waals surface area contributed by atoms with Gasteiger partial charge in [-0.2, -0.15) is 0 Å². The van der Waals surface area contributed by atoms with E-state index in [1.54, 1.807) is 0 Å². The van der Waals surface area contributed by atoms with E-state index in [-0.39, 0.29) is 18.4 Å². The van der Waals surface area contributed by atoms with Gasteiger partial charge in [0.05, 0.1) is 12.2 Å². The van der Waals surface area contributed by atoms with Gasteiger partial charge in [0.15, 0.2) is 0 Å². The van der Waals surface area contributed by atoms with Crippen LogP contribution in [0.2, 0.25) is 0 Å². The van der Waals surface area contributed by atoms with Crippen molar-refractivity contribution in [3.63, 3.8) is 0 Å². The Balaban J connectivity index is 1.83. The highest BCUT2D eigenvalue weighted by Crippen LogP contribution is 2.49. The molecule has 2 rings (SSSR count). The summed E-state index contributed by atoms with van der Waals surface area (Å²) in [6.45, 7) is 8.61. The van der Waals surface area contributed by atoms with E-state index in [0.29, 0.717) is 30.1 Å². The van der Waals surface area contributed by atoms with E-state index in [1.807, 2.05) is 6.08 Å². The van der Waals surface area contributed by atoms with Crippen LogP contribution in [-0.4, -0.2) is 33.5 Å². The maximum Gasteiger partial charge on any atom is 0.303 e. The lowest BCUT2D eigenvalue weighted by Crippen LogP contribution is -2.19. The Morgan fingerprint density at radius 3 is 2.67 bits per heavy atom. The van der Waals surface area contributed by atoms with Crippen molar-refractivity contribution >= 4 is 5.97 Å². The molecule has 2 aliphatic rings. The van der Waals surface area contributed by atoms with Gasteiger partial charge in [0.1, 0.15) is 0 Å². The van der Waals surface area contributed by atoms with Crippen molar-refractivity contribution in [3.05, 3.63) is 35.5 Å². The number of carboxylic acids is 1. The third-order valence-corrected chi connectivity index (χ3v) is 6.97. The maximum atomic E-state index is 10.7. The first-order chi connectivity index (χ1) is 14.2. The van der Waals surface area contributed by atoms with Gasteiger partial charge in [0.25, 0.3) is 0 Å². The van der Waals surface area contributed by atoms with Gasteiger partial charge in [0, 0.05) is 12.3 Å². The fourth-order valence-corrected chi connectivity index (χ4v) is 5.18. The van der Waals surface area contributed by atoms with E-state index < -0.39 is 12.1 Å². The predicted octanol–water partition coefficient (Wildman–Crippen LogP) is 5.51. The number of aliphatic hydroxyl groups is 2.